The van der Waals surface area contributed by atoms with E-state index < -0.39 is 31.5 Å². The topological polar surface area (TPSA) is 116 Å². The fourth-order valence-corrected chi connectivity index (χ4v) is 4.29. The van der Waals surface area contributed by atoms with Gasteiger partial charge in [-0.05, 0) is 36.7 Å². The minimum atomic E-state index is -3.78. The average molecular weight is 412 g/mol. The van der Waals surface area contributed by atoms with Crippen molar-refractivity contribution in [3.8, 4) is 0 Å². The summed E-state index contributed by atoms with van der Waals surface area (Å²) in [4.78, 5) is 34.4. The summed E-state index contributed by atoms with van der Waals surface area (Å²) in [6.07, 6.45) is 1.02. The number of carbonyl (C=O) groups excluding carboxylic acids is 1. The number of nitrogens with one attached hydrogen (secondary N) is 2. The molecule has 0 saturated carbocycles. The number of rotatable bonds is 12. The Morgan fingerprint density at radius 1 is 1.00 bits per heavy atom. The lowest BCUT2D eigenvalue weighted by molar-refractivity contribution is -0.142. The number of hydrogen-bond donors (Lipinski definition) is 4. The third kappa shape index (κ3) is 9.49. The zero-order valence-corrected chi connectivity index (χ0v) is 18.0. The van der Waals surface area contributed by atoms with E-state index in [0.29, 0.717) is 19.3 Å². The maximum absolute atomic E-state index is 12.7. The summed E-state index contributed by atoms with van der Waals surface area (Å²) in [5.41, 5.74) is 0.936. The van der Waals surface area contributed by atoms with Crippen LogP contribution in [-0.4, -0.2) is 40.1 Å². The number of carboxylic acid groups (broad SMARTS) is 1. The first-order chi connectivity index (χ1) is 13.0. The molecule has 0 radical (unpaired) electrons. The Bertz CT molecular complexity index is 678. The monoisotopic (exact) mass is 412 g/mol. The van der Waals surface area contributed by atoms with Gasteiger partial charge in [0.2, 0.25) is 5.91 Å². The first kappa shape index (κ1) is 24.3. The zero-order chi connectivity index (χ0) is 21.3. The van der Waals surface area contributed by atoms with Gasteiger partial charge < -0.3 is 15.3 Å². The summed E-state index contributed by atoms with van der Waals surface area (Å²) in [7, 11) is -3.78. The number of carboxylic acids is 1. The van der Waals surface area contributed by atoms with Crippen LogP contribution in [0.5, 0.6) is 0 Å². The molecule has 7 nitrogen and oxygen atoms in total. The lowest BCUT2D eigenvalue weighted by Gasteiger charge is -2.25. The van der Waals surface area contributed by atoms with Gasteiger partial charge >= 0.3 is 5.97 Å². The number of benzene rings is 1. The molecule has 0 fully saturated rings. The fraction of sp³-hybridized carbons (Fsp3) is 0.600. The first-order valence-electron chi connectivity index (χ1n) is 9.67. The Labute approximate surface area is 167 Å². The minimum Gasteiger partial charge on any atom is -0.480 e. The molecule has 1 aromatic rings. The highest BCUT2D eigenvalue weighted by Crippen LogP contribution is 2.37. The summed E-state index contributed by atoms with van der Waals surface area (Å²) < 4.78 is 12.6. The Balaban J connectivity index is 2.80. The predicted molar refractivity (Wildman–Crippen MR) is 110 cm³/mol. The second kappa shape index (κ2) is 11.3. The Morgan fingerprint density at radius 3 is 2.04 bits per heavy atom. The fourth-order valence-electron chi connectivity index (χ4n) is 2.89. The van der Waals surface area contributed by atoms with Crippen molar-refractivity contribution < 1.29 is 24.2 Å². The quantitative estimate of drug-likeness (QED) is 0.392. The Hall–Kier alpha value is -1.69. The summed E-state index contributed by atoms with van der Waals surface area (Å²) in [5.74, 6) is -1.49. The van der Waals surface area contributed by atoms with Crippen LogP contribution in [0.3, 0.4) is 0 Å². The van der Waals surface area contributed by atoms with Crippen LogP contribution in [-0.2, 0) is 20.6 Å². The molecule has 28 heavy (non-hydrogen) atoms. The van der Waals surface area contributed by atoms with Gasteiger partial charge in [-0.2, -0.15) is 0 Å². The molecule has 158 valence electrons. The number of aliphatic carboxylic acids is 1. The minimum absolute atomic E-state index is 0.00670. The van der Waals surface area contributed by atoms with Gasteiger partial charge in [-0.1, -0.05) is 58.0 Å². The molecule has 0 aromatic heterocycles. The van der Waals surface area contributed by atoms with Crippen LogP contribution in [0.2, 0.25) is 0 Å². The van der Waals surface area contributed by atoms with Crippen molar-refractivity contribution in [3.63, 3.8) is 0 Å². The number of carbonyl (C=O) groups is 2. The highest BCUT2D eigenvalue weighted by atomic mass is 31.2. The smallest absolute Gasteiger partial charge is 0.326 e. The van der Waals surface area contributed by atoms with E-state index in [4.69, 9.17) is 0 Å². The van der Waals surface area contributed by atoms with E-state index in [1.54, 1.807) is 0 Å². The Kier molecular flexibility index (Phi) is 9.87. The van der Waals surface area contributed by atoms with Gasteiger partial charge in [-0.25, -0.2) is 9.88 Å². The van der Waals surface area contributed by atoms with Crippen LogP contribution in [0, 0.1) is 11.8 Å². The van der Waals surface area contributed by atoms with Crippen molar-refractivity contribution in [2.24, 2.45) is 11.8 Å². The molecule has 0 bridgehead atoms. The number of hydrogen-bond acceptors (Lipinski definition) is 3. The van der Waals surface area contributed by atoms with Crippen LogP contribution in [0.25, 0.3) is 0 Å². The largest absolute Gasteiger partial charge is 0.480 e. The summed E-state index contributed by atoms with van der Waals surface area (Å²) in [6.45, 7) is 7.54. The van der Waals surface area contributed by atoms with Crippen molar-refractivity contribution in [2.45, 2.75) is 59.0 Å². The molecule has 4 N–H and O–H groups in total. The van der Waals surface area contributed by atoms with Crippen molar-refractivity contribution in [1.29, 1.82) is 0 Å². The average Bonchev–Trinajstić information content (AvgIpc) is 2.58. The van der Waals surface area contributed by atoms with Crippen LogP contribution >= 0.6 is 7.52 Å². The van der Waals surface area contributed by atoms with Gasteiger partial charge in [0, 0.05) is 6.16 Å². The highest BCUT2D eigenvalue weighted by molar-refractivity contribution is 7.55. The van der Waals surface area contributed by atoms with E-state index in [1.807, 2.05) is 58.0 Å². The van der Waals surface area contributed by atoms with Crippen LogP contribution in [0.15, 0.2) is 30.3 Å². The lowest BCUT2D eigenvalue weighted by atomic mass is 10.0. The Morgan fingerprint density at radius 2 is 1.54 bits per heavy atom. The predicted octanol–water partition coefficient (Wildman–Crippen LogP) is 3.03. The molecule has 3 atom stereocenters. The molecule has 1 aromatic carbocycles. The van der Waals surface area contributed by atoms with Gasteiger partial charge in [0.25, 0.3) is 7.52 Å². The van der Waals surface area contributed by atoms with E-state index in [1.165, 1.54) is 0 Å². The highest BCUT2D eigenvalue weighted by Gasteiger charge is 2.31. The summed E-state index contributed by atoms with van der Waals surface area (Å²) in [5, 5.41) is 14.5. The van der Waals surface area contributed by atoms with Crippen molar-refractivity contribution in [3.05, 3.63) is 35.9 Å². The standard InChI is InChI=1S/C20H33N2O5P/c1-14(2)12-17(19(23)21-18(20(24)25)13-15(3)4)22-28(26,27)11-10-16-8-6-5-7-9-16/h5-9,14-15,17-18H,10-13H2,1-4H3,(H,21,23)(H,24,25)(H2,22,26,27). The second-order valence-electron chi connectivity index (χ2n) is 8.00. The van der Waals surface area contributed by atoms with Gasteiger partial charge in [0.15, 0.2) is 0 Å². The number of aryl methyl sites for hydroxylation is 1. The first-order valence-corrected chi connectivity index (χ1v) is 11.5. The zero-order valence-electron chi connectivity index (χ0n) is 17.1. The molecular formula is C20H33N2O5P. The maximum atomic E-state index is 12.7. The maximum Gasteiger partial charge on any atom is 0.326 e. The third-order valence-electron chi connectivity index (χ3n) is 4.25. The van der Waals surface area contributed by atoms with Crippen molar-refractivity contribution in [2.75, 3.05) is 6.16 Å². The van der Waals surface area contributed by atoms with E-state index >= 15 is 0 Å². The molecular weight excluding hydrogens is 379 g/mol. The molecule has 0 aliphatic carbocycles. The SMILES string of the molecule is CC(C)CC(NC(=O)C(CC(C)C)NP(=O)(O)CCc1ccccc1)C(=O)O. The molecule has 0 spiro atoms. The van der Waals surface area contributed by atoms with Crippen LogP contribution in [0.1, 0.15) is 46.1 Å². The van der Waals surface area contributed by atoms with Gasteiger partial charge in [0.1, 0.15) is 6.04 Å². The molecule has 0 heterocycles. The van der Waals surface area contributed by atoms with Gasteiger partial charge in [-0.3, -0.25) is 9.36 Å². The lowest BCUT2D eigenvalue weighted by Crippen LogP contribution is -2.50. The molecule has 0 aliphatic heterocycles. The van der Waals surface area contributed by atoms with Crippen LogP contribution in [0.4, 0.5) is 0 Å². The summed E-state index contributed by atoms with van der Waals surface area (Å²) >= 11 is 0. The molecule has 8 heteroatoms. The van der Waals surface area contributed by atoms with E-state index in [9.17, 15) is 24.2 Å². The van der Waals surface area contributed by atoms with E-state index in [2.05, 4.69) is 10.4 Å². The van der Waals surface area contributed by atoms with Crippen molar-refractivity contribution in [1.82, 2.24) is 10.4 Å². The third-order valence-corrected chi connectivity index (χ3v) is 5.79. The van der Waals surface area contributed by atoms with E-state index in [-0.39, 0.29) is 18.0 Å². The summed E-state index contributed by atoms with van der Waals surface area (Å²) in [6, 6.07) is 7.40. The van der Waals surface area contributed by atoms with Gasteiger partial charge in [0.05, 0.1) is 6.04 Å². The molecule has 1 rings (SSSR count). The van der Waals surface area contributed by atoms with E-state index in [0.717, 1.165) is 5.56 Å². The second-order valence-corrected chi connectivity index (χ2v) is 10.1. The normalized spacial score (nSPS) is 15.8. The number of amides is 1. The van der Waals surface area contributed by atoms with Crippen LogP contribution < -0.4 is 10.4 Å². The molecule has 0 saturated heterocycles. The molecule has 3 unspecified atom stereocenters. The van der Waals surface area contributed by atoms with Crippen molar-refractivity contribution >= 4 is 19.4 Å². The molecule has 0 aliphatic rings. The van der Waals surface area contributed by atoms with Gasteiger partial charge in [-0.15, -0.1) is 0 Å². The molecule has 1 amide bonds.